The van der Waals surface area contributed by atoms with E-state index < -0.39 is 5.97 Å². The summed E-state index contributed by atoms with van der Waals surface area (Å²) in [5, 5.41) is 8.84. The van der Waals surface area contributed by atoms with Crippen LogP contribution in [0.3, 0.4) is 0 Å². The maximum Gasteiger partial charge on any atom is 0.354 e. The molecule has 1 N–H and O–H groups in total. The molecule has 2 saturated heterocycles. The first kappa shape index (κ1) is 16.9. The second-order valence-corrected chi connectivity index (χ2v) is 6.20. The fourth-order valence-corrected chi connectivity index (χ4v) is 3.07. The lowest BCUT2D eigenvalue weighted by Crippen LogP contribution is -2.41. The SMILES string of the molecule is O=C(O)c1ccc(C(=O)N2CCC(OC[C@H]3CCCO3)CC2)cn1. The Labute approximate surface area is 140 Å². The number of carbonyl (C=O) groups excluding carboxylic acids is 1. The zero-order valence-corrected chi connectivity index (χ0v) is 13.5. The molecule has 1 amide bonds. The first-order valence-electron chi connectivity index (χ1n) is 8.35. The van der Waals surface area contributed by atoms with Crippen LogP contribution in [0.5, 0.6) is 0 Å². The fourth-order valence-electron chi connectivity index (χ4n) is 3.07. The molecule has 0 aliphatic carbocycles. The highest BCUT2D eigenvalue weighted by atomic mass is 16.5. The van der Waals surface area contributed by atoms with Crippen LogP contribution in [-0.4, -0.2) is 65.4 Å². The summed E-state index contributed by atoms with van der Waals surface area (Å²) >= 11 is 0. The molecular weight excluding hydrogens is 312 g/mol. The summed E-state index contributed by atoms with van der Waals surface area (Å²) in [6, 6.07) is 2.87. The van der Waals surface area contributed by atoms with E-state index in [4.69, 9.17) is 14.6 Å². The monoisotopic (exact) mass is 334 g/mol. The third kappa shape index (κ3) is 4.10. The number of hydrogen-bond donors (Lipinski definition) is 1. The molecule has 130 valence electrons. The van der Waals surface area contributed by atoms with Gasteiger partial charge in [-0.3, -0.25) is 4.79 Å². The second-order valence-electron chi connectivity index (χ2n) is 6.20. The molecule has 2 fully saturated rings. The van der Waals surface area contributed by atoms with Crippen molar-refractivity contribution in [1.29, 1.82) is 0 Å². The molecular formula is C17H22N2O5. The van der Waals surface area contributed by atoms with E-state index in [1.54, 1.807) is 4.90 Å². The van der Waals surface area contributed by atoms with Crippen molar-refractivity contribution in [1.82, 2.24) is 9.88 Å². The van der Waals surface area contributed by atoms with Gasteiger partial charge in [-0.25, -0.2) is 9.78 Å². The van der Waals surface area contributed by atoms with Gasteiger partial charge in [-0.1, -0.05) is 0 Å². The molecule has 1 atom stereocenters. The van der Waals surface area contributed by atoms with Gasteiger partial charge >= 0.3 is 5.97 Å². The number of carboxylic acid groups (broad SMARTS) is 1. The summed E-state index contributed by atoms with van der Waals surface area (Å²) in [5.41, 5.74) is 0.353. The minimum absolute atomic E-state index is 0.0622. The Hall–Kier alpha value is -1.99. The number of carbonyl (C=O) groups is 2. The van der Waals surface area contributed by atoms with E-state index in [-0.39, 0.29) is 23.8 Å². The van der Waals surface area contributed by atoms with E-state index in [1.165, 1.54) is 18.3 Å². The van der Waals surface area contributed by atoms with E-state index in [1.807, 2.05) is 0 Å². The number of aromatic carboxylic acids is 1. The highest BCUT2D eigenvalue weighted by Gasteiger charge is 2.25. The van der Waals surface area contributed by atoms with Crippen molar-refractivity contribution < 1.29 is 24.2 Å². The minimum Gasteiger partial charge on any atom is -0.477 e. The molecule has 0 aromatic carbocycles. The van der Waals surface area contributed by atoms with E-state index >= 15 is 0 Å². The summed E-state index contributed by atoms with van der Waals surface area (Å²) in [6.07, 6.45) is 5.50. The summed E-state index contributed by atoms with van der Waals surface area (Å²) in [4.78, 5) is 28.8. The van der Waals surface area contributed by atoms with Gasteiger partial charge in [0.2, 0.25) is 0 Å². The fraction of sp³-hybridized carbons (Fsp3) is 0.588. The van der Waals surface area contributed by atoms with Crippen LogP contribution in [0.15, 0.2) is 18.3 Å². The lowest BCUT2D eigenvalue weighted by molar-refractivity contribution is -0.0395. The Kier molecular flexibility index (Phi) is 5.42. The molecule has 3 heterocycles. The van der Waals surface area contributed by atoms with Gasteiger partial charge in [0, 0.05) is 25.9 Å². The van der Waals surface area contributed by atoms with E-state index in [0.29, 0.717) is 25.3 Å². The quantitative estimate of drug-likeness (QED) is 0.879. The van der Waals surface area contributed by atoms with Crippen LogP contribution in [0.4, 0.5) is 0 Å². The van der Waals surface area contributed by atoms with Gasteiger partial charge in [0.15, 0.2) is 0 Å². The van der Waals surface area contributed by atoms with Crippen molar-refractivity contribution in [2.24, 2.45) is 0 Å². The van der Waals surface area contributed by atoms with E-state index in [0.717, 1.165) is 32.3 Å². The maximum absolute atomic E-state index is 12.4. The number of carboxylic acids is 1. The van der Waals surface area contributed by atoms with Crippen LogP contribution in [0, 0.1) is 0 Å². The Morgan fingerprint density at radius 2 is 2.08 bits per heavy atom. The number of rotatable bonds is 5. The van der Waals surface area contributed by atoms with Crippen LogP contribution in [0.2, 0.25) is 0 Å². The number of likely N-dealkylation sites (tertiary alicyclic amines) is 1. The zero-order valence-electron chi connectivity index (χ0n) is 13.5. The predicted molar refractivity (Wildman–Crippen MR) is 85.0 cm³/mol. The minimum atomic E-state index is -1.10. The Balaban J connectivity index is 1.46. The van der Waals surface area contributed by atoms with Gasteiger partial charge in [-0.05, 0) is 37.8 Å². The Bertz CT molecular complexity index is 575. The van der Waals surface area contributed by atoms with Gasteiger partial charge in [-0.2, -0.15) is 0 Å². The molecule has 0 saturated carbocycles. The number of aromatic nitrogens is 1. The molecule has 7 nitrogen and oxygen atoms in total. The lowest BCUT2D eigenvalue weighted by atomic mass is 10.1. The number of nitrogens with zero attached hydrogens (tertiary/aromatic N) is 2. The van der Waals surface area contributed by atoms with E-state index in [9.17, 15) is 9.59 Å². The van der Waals surface area contributed by atoms with Crippen LogP contribution in [0.25, 0.3) is 0 Å². The zero-order chi connectivity index (χ0) is 16.9. The maximum atomic E-state index is 12.4. The molecule has 24 heavy (non-hydrogen) atoms. The normalized spacial score (nSPS) is 21.8. The number of ether oxygens (including phenoxy) is 2. The summed E-state index contributed by atoms with van der Waals surface area (Å²) in [5.74, 6) is -1.21. The number of hydrogen-bond acceptors (Lipinski definition) is 5. The summed E-state index contributed by atoms with van der Waals surface area (Å²) in [6.45, 7) is 2.74. The molecule has 2 aliphatic rings. The Morgan fingerprint density at radius 1 is 1.29 bits per heavy atom. The van der Waals surface area contributed by atoms with Crippen molar-refractivity contribution >= 4 is 11.9 Å². The third-order valence-corrected chi connectivity index (χ3v) is 4.50. The van der Waals surface area contributed by atoms with Gasteiger partial charge in [0.05, 0.1) is 24.4 Å². The van der Waals surface area contributed by atoms with Crippen molar-refractivity contribution in [2.75, 3.05) is 26.3 Å². The highest BCUT2D eigenvalue weighted by Crippen LogP contribution is 2.19. The largest absolute Gasteiger partial charge is 0.477 e. The van der Waals surface area contributed by atoms with Crippen molar-refractivity contribution in [3.05, 3.63) is 29.6 Å². The molecule has 3 rings (SSSR count). The molecule has 0 spiro atoms. The topological polar surface area (TPSA) is 89.0 Å². The second kappa shape index (κ2) is 7.72. The average Bonchev–Trinajstić information content (AvgIpc) is 3.13. The molecule has 2 aliphatic heterocycles. The van der Waals surface area contributed by atoms with Gasteiger partial charge in [0.25, 0.3) is 5.91 Å². The molecule has 1 aromatic heterocycles. The molecule has 1 aromatic rings. The standard InChI is InChI=1S/C17H22N2O5/c20-16(12-3-4-15(17(21)22)18-10-12)19-7-5-13(6-8-19)24-11-14-2-1-9-23-14/h3-4,10,13-14H,1-2,5-9,11H2,(H,21,22)/t14-/m1/s1. The smallest absolute Gasteiger partial charge is 0.354 e. The van der Waals surface area contributed by atoms with Gasteiger partial charge < -0.3 is 19.5 Å². The van der Waals surface area contributed by atoms with Crippen LogP contribution >= 0.6 is 0 Å². The molecule has 0 radical (unpaired) electrons. The Morgan fingerprint density at radius 3 is 2.67 bits per heavy atom. The number of amides is 1. The summed E-state index contributed by atoms with van der Waals surface area (Å²) in [7, 11) is 0. The van der Waals surface area contributed by atoms with Crippen LogP contribution < -0.4 is 0 Å². The van der Waals surface area contributed by atoms with Gasteiger partial charge in [0.1, 0.15) is 5.69 Å². The van der Waals surface area contributed by atoms with Crippen molar-refractivity contribution in [3.63, 3.8) is 0 Å². The molecule has 7 heteroatoms. The first-order chi connectivity index (χ1) is 11.6. The first-order valence-corrected chi connectivity index (χ1v) is 8.35. The van der Waals surface area contributed by atoms with Gasteiger partial charge in [-0.15, -0.1) is 0 Å². The molecule has 0 bridgehead atoms. The van der Waals surface area contributed by atoms with Crippen molar-refractivity contribution in [2.45, 2.75) is 37.9 Å². The number of pyridine rings is 1. The van der Waals surface area contributed by atoms with Crippen LogP contribution in [0.1, 0.15) is 46.5 Å². The highest BCUT2D eigenvalue weighted by molar-refractivity contribution is 5.95. The lowest BCUT2D eigenvalue weighted by Gasteiger charge is -2.32. The molecule has 0 unspecified atom stereocenters. The average molecular weight is 334 g/mol. The van der Waals surface area contributed by atoms with Crippen LogP contribution in [-0.2, 0) is 9.47 Å². The van der Waals surface area contributed by atoms with E-state index in [2.05, 4.69) is 4.98 Å². The predicted octanol–water partition coefficient (Wildman–Crippen LogP) is 1.58. The third-order valence-electron chi connectivity index (χ3n) is 4.50. The number of piperidine rings is 1. The summed E-state index contributed by atoms with van der Waals surface area (Å²) < 4.78 is 11.5. The van der Waals surface area contributed by atoms with Crippen molar-refractivity contribution in [3.8, 4) is 0 Å².